The monoisotopic (exact) mass is 239 g/mol. The minimum Gasteiger partial charge on any atom is -0.211 e. The molecule has 15 heavy (non-hydrogen) atoms. The number of benzene rings is 1. The highest BCUT2D eigenvalue weighted by molar-refractivity contribution is 7.99. The number of halogens is 1. The molecule has 1 unspecified atom stereocenters. The standard InChI is InChI=1S/C11H10ClNOS/c12-11-5-9(13-7-14)1-2-10(11)8-3-4-15-6-8/h1-2,5,8H,3-4,6H2. The number of isocyanates is 1. The number of aliphatic imine (C=N–C) groups is 1. The lowest BCUT2D eigenvalue weighted by atomic mass is 9.98. The third-order valence-corrected chi connectivity index (χ3v) is 4.02. The molecule has 0 saturated carbocycles. The Morgan fingerprint density at radius 1 is 1.53 bits per heavy atom. The highest BCUT2D eigenvalue weighted by Crippen LogP contribution is 2.37. The molecule has 0 radical (unpaired) electrons. The van der Waals surface area contributed by atoms with Gasteiger partial charge >= 0.3 is 0 Å². The molecule has 1 aromatic rings. The molecule has 1 heterocycles. The van der Waals surface area contributed by atoms with E-state index in [1.165, 1.54) is 23.8 Å². The van der Waals surface area contributed by atoms with E-state index in [-0.39, 0.29) is 0 Å². The molecule has 1 aliphatic heterocycles. The Balaban J connectivity index is 2.29. The van der Waals surface area contributed by atoms with E-state index in [2.05, 4.69) is 4.99 Å². The Morgan fingerprint density at radius 3 is 3.00 bits per heavy atom. The molecule has 1 aromatic carbocycles. The first-order valence-corrected chi connectivity index (χ1v) is 6.29. The van der Waals surface area contributed by atoms with Gasteiger partial charge in [-0.15, -0.1) is 0 Å². The fraction of sp³-hybridized carbons (Fsp3) is 0.364. The summed E-state index contributed by atoms with van der Waals surface area (Å²) in [4.78, 5) is 13.6. The fourth-order valence-electron chi connectivity index (χ4n) is 1.75. The van der Waals surface area contributed by atoms with Gasteiger partial charge in [0.15, 0.2) is 0 Å². The van der Waals surface area contributed by atoms with Crippen LogP contribution >= 0.6 is 23.4 Å². The van der Waals surface area contributed by atoms with Gasteiger partial charge in [0.2, 0.25) is 6.08 Å². The Labute approximate surface area is 97.7 Å². The lowest BCUT2D eigenvalue weighted by Crippen LogP contribution is -1.96. The summed E-state index contributed by atoms with van der Waals surface area (Å²) in [6.07, 6.45) is 2.69. The summed E-state index contributed by atoms with van der Waals surface area (Å²) in [7, 11) is 0. The molecule has 0 amide bonds. The molecule has 0 N–H and O–H groups in total. The lowest BCUT2D eigenvalue weighted by Gasteiger charge is -2.10. The van der Waals surface area contributed by atoms with E-state index in [0.717, 1.165) is 5.75 Å². The first-order chi connectivity index (χ1) is 7.31. The van der Waals surface area contributed by atoms with Crippen LogP contribution in [-0.4, -0.2) is 17.6 Å². The number of hydrogen-bond donors (Lipinski definition) is 0. The average molecular weight is 240 g/mol. The number of rotatable bonds is 2. The van der Waals surface area contributed by atoms with E-state index in [1.54, 1.807) is 6.07 Å². The van der Waals surface area contributed by atoms with Crippen molar-refractivity contribution in [2.45, 2.75) is 12.3 Å². The predicted molar refractivity (Wildman–Crippen MR) is 63.9 cm³/mol. The average Bonchev–Trinajstić information content (AvgIpc) is 2.71. The molecule has 2 rings (SSSR count). The van der Waals surface area contributed by atoms with Crippen molar-refractivity contribution in [3.63, 3.8) is 0 Å². The van der Waals surface area contributed by atoms with Gasteiger partial charge in [-0.25, -0.2) is 4.79 Å². The van der Waals surface area contributed by atoms with Crippen LogP contribution in [-0.2, 0) is 4.79 Å². The zero-order valence-electron chi connectivity index (χ0n) is 8.07. The molecule has 0 bridgehead atoms. The second kappa shape index (κ2) is 4.84. The summed E-state index contributed by atoms with van der Waals surface area (Å²) in [5.41, 5.74) is 1.75. The van der Waals surface area contributed by atoms with E-state index in [9.17, 15) is 4.79 Å². The second-order valence-electron chi connectivity index (χ2n) is 3.47. The van der Waals surface area contributed by atoms with Crippen molar-refractivity contribution >= 4 is 35.1 Å². The van der Waals surface area contributed by atoms with E-state index in [1.807, 2.05) is 23.9 Å². The summed E-state index contributed by atoms with van der Waals surface area (Å²) < 4.78 is 0. The van der Waals surface area contributed by atoms with Crippen LogP contribution in [0.1, 0.15) is 17.9 Å². The molecule has 2 nitrogen and oxygen atoms in total. The molecule has 1 fully saturated rings. The predicted octanol–water partition coefficient (Wildman–Crippen LogP) is 3.53. The summed E-state index contributed by atoms with van der Waals surface area (Å²) in [5, 5.41) is 0.707. The molecule has 0 spiro atoms. The van der Waals surface area contributed by atoms with E-state index in [0.29, 0.717) is 16.6 Å². The van der Waals surface area contributed by atoms with Crippen molar-refractivity contribution in [1.29, 1.82) is 0 Å². The van der Waals surface area contributed by atoms with E-state index < -0.39 is 0 Å². The molecular weight excluding hydrogens is 230 g/mol. The van der Waals surface area contributed by atoms with Crippen LogP contribution in [0.4, 0.5) is 5.69 Å². The van der Waals surface area contributed by atoms with Gasteiger partial charge in [0.25, 0.3) is 0 Å². The van der Waals surface area contributed by atoms with Gasteiger partial charge in [-0.3, -0.25) is 0 Å². The molecule has 1 saturated heterocycles. The maximum Gasteiger partial charge on any atom is 0.240 e. The van der Waals surface area contributed by atoms with Gasteiger partial charge in [0, 0.05) is 10.8 Å². The van der Waals surface area contributed by atoms with Crippen LogP contribution in [0.3, 0.4) is 0 Å². The highest BCUT2D eigenvalue weighted by Gasteiger charge is 2.19. The van der Waals surface area contributed by atoms with Crippen LogP contribution in [0.5, 0.6) is 0 Å². The summed E-state index contributed by atoms with van der Waals surface area (Å²) in [5.74, 6) is 2.89. The minimum atomic E-state index is 0.553. The number of thioether (sulfide) groups is 1. The maximum atomic E-state index is 10.1. The Hall–Kier alpha value is -0.760. The Kier molecular flexibility index (Phi) is 3.47. The third kappa shape index (κ3) is 2.43. The number of carbonyl (C=O) groups excluding carboxylic acids is 1. The van der Waals surface area contributed by atoms with Gasteiger partial charge in [0.05, 0.1) is 5.69 Å². The van der Waals surface area contributed by atoms with Gasteiger partial charge in [-0.1, -0.05) is 17.7 Å². The quantitative estimate of drug-likeness (QED) is 0.584. The van der Waals surface area contributed by atoms with E-state index in [4.69, 9.17) is 11.6 Å². The Morgan fingerprint density at radius 2 is 2.40 bits per heavy atom. The maximum absolute atomic E-state index is 10.1. The first-order valence-electron chi connectivity index (χ1n) is 4.76. The molecule has 0 aliphatic carbocycles. The van der Waals surface area contributed by atoms with Crippen LogP contribution in [0.15, 0.2) is 23.2 Å². The zero-order chi connectivity index (χ0) is 10.7. The normalized spacial score (nSPS) is 19.9. The SMILES string of the molecule is O=C=Nc1ccc(C2CCSC2)c(Cl)c1. The van der Waals surface area contributed by atoms with Crippen molar-refractivity contribution in [2.24, 2.45) is 4.99 Å². The zero-order valence-corrected chi connectivity index (χ0v) is 9.64. The third-order valence-electron chi connectivity index (χ3n) is 2.53. The van der Waals surface area contributed by atoms with Gasteiger partial charge in [-0.2, -0.15) is 16.8 Å². The van der Waals surface area contributed by atoms with Gasteiger partial charge in [-0.05, 0) is 35.8 Å². The van der Waals surface area contributed by atoms with Crippen molar-refractivity contribution in [2.75, 3.05) is 11.5 Å². The van der Waals surface area contributed by atoms with Crippen molar-refractivity contribution < 1.29 is 4.79 Å². The fourth-order valence-corrected chi connectivity index (χ4v) is 3.33. The Bertz CT molecular complexity index is 409. The van der Waals surface area contributed by atoms with Gasteiger partial charge < -0.3 is 0 Å². The molecule has 4 heteroatoms. The van der Waals surface area contributed by atoms with Crippen molar-refractivity contribution in [1.82, 2.24) is 0 Å². The number of nitrogens with zero attached hydrogens (tertiary/aromatic N) is 1. The van der Waals surface area contributed by atoms with E-state index >= 15 is 0 Å². The lowest BCUT2D eigenvalue weighted by molar-refractivity contribution is 0.565. The van der Waals surface area contributed by atoms with Gasteiger partial charge in [0.1, 0.15) is 0 Å². The number of hydrogen-bond acceptors (Lipinski definition) is 3. The smallest absolute Gasteiger partial charge is 0.211 e. The second-order valence-corrected chi connectivity index (χ2v) is 5.03. The summed E-state index contributed by atoms with van der Waals surface area (Å²) in [6.45, 7) is 0. The molecule has 78 valence electrons. The van der Waals surface area contributed by atoms with Crippen LogP contribution in [0.25, 0.3) is 0 Å². The van der Waals surface area contributed by atoms with Crippen molar-refractivity contribution in [3.8, 4) is 0 Å². The summed E-state index contributed by atoms with van der Waals surface area (Å²) >= 11 is 8.10. The summed E-state index contributed by atoms with van der Waals surface area (Å²) in [6, 6.07) is 5.51. The highest BCUT2D eigenvalue weighted by atomic mass is 35.5. The largest absolute Gasteiger partial charge is 0.240 e. The molecule has 0 aromatic heterocycles. The molecule has 1 aliphatic rings. The van der Waals surface area contributed by atoms with Crippen LogP contribution in [0, 0.1) is 0 Å². The molecular formula is C11H10ClNOS. The molecule has 1 atom stereocenters. The minimum absolute atomic E-state index is 0.553. The van der Waals surface area contributed by atoms with Crippen LogP contribution in [0.2, 0.25) is 5.02 Å². The van der Waals surface area contributed by atoms with Crippen LogP contribution < -0.4 is 0 Å². The topological polar surface area (TPSA) is 29.4 Å². The first kappa shape index (κ1) is 10.7. The van der Waals surface area contributed by atoms with Crippen molar-refractivity contribution in [3.05, 3.63) is 28.8 Å².